The number of hydrogen-bond acceptors (Lipinski definition) is 2. The van der Waals surface area contributed by atoms with Crippen molar-refractivity contribution in [1.82, 2.24) is 9.80 Å². The Morgan fingerprint density at radius 1 is 1.36 bits per heavy atom. The Bertz CT molecular complexity index is 529. The summed E-state index contributed by atoms with van der Waals surface area (Å²) in [6, 6.07) is 5.95. The molecule has 0 spiro atoms. The van der Waals surface area contributed by atoms with Crippen LogP contribution in [0.5, 0.6) is 0 Å². The number of piperazine rings is 1. The van der Waals surface area contributed by atoms with Crippen LogP contribution in [-0.2, 0) is 4.79 Å². The van der Waals surface area contributed by atoms with Crippen LogP contribution < -0.4 is 10.2 Å². The van der Waals surface area contributed by atoms with Crippen molar-refractivity contribution in [2.45, 2.75) is 0 Å². The molecule has 1 heterocycles. The number of quaternary nitrogens is 1. The average molecular weight is 325 g/mol. The van der Waals surface area contributed by atoms with E-state index in [1.165, 1.54) is 17.0 Å². The summed E-state index contributed by atoms with van der Waals surface area (Å²) >= 11 is 5.28. The second kappa shape index (κ2) is 7.51. The number of nitrogens with zero attached hydrogens (tertiary/aromatic N) is 2. The lowest BCUT2D eigenvalue weighted by atomic mass is 10.3. The summed E-state index contributed by atoms with van der Waals surface area (Å²) in [6.07, 6.45) is 0. The fraction of sp³-hybridized carbons (Fsp3) is 0.467. The van der Waals surface area contributed by atoms with E-state index in [1.54, 1.807) is 24.1 Å². The first-order valence-electron chi connectivity index (χ1n) is 7.32. The van der Waals surface area contributed by atoms with Crippen molar-refractivity contribution < 1.29 is 14.1 Å². The van der Waals surface area contributed by atoms with E-state index in [0.29, 0.717) is 10.8 Å². The molecule has 1 aromatic rings. The van der Waals surface area contributed by atoms with Gasteiger partial charge < -0.3 is 20.0 Å². The van der Waals surface area contributed by atoms with E-state index in [1.807, 2.05) is 4.90 Å². The lowest BCUT2D eigenvalue weighted by Crippen LogP contribution is -3.12. The predicted octanol–water partition coefficient (Wildman–Crippen LogP) is -0.189. The van der Waals surface area contributed by atoms with Crippen LogP contribution in [0.1, 0.15) is 0 Å². The SMILES string of the molecule is CN(CC(=O)N1CC[NH+](C)CC1)C(=S)Nc1ccc(F)cc1. The molecule has 1 saturated heterocycles. The Kier molecular flexibility index (Phi) is 5.68. The minimum Gasteiger partial charge on any atom is -0.343 e. The van der Waals surface area contributed by atoms with Gasteiger partial charge in [0.1, 0.15) is 5.82 Å². The lowest BCUT2D eigenvalue weighted by Gasteiger charge is -2.31. The highest BCUT2D eigenvalue weighted by Crippen LogP contribution is 2.09. The van der Waals surface area contributed by atoms with Crippen molar-refractivity contribution >= 4 is 28.9 Å². The van der Waals surface area contributed by atoms with E-state index in [9.17, 15) is 9.18 Å². The summed E-state index contributed by atoms with van der Waals surface area (Å²) in [5.74, 6) is -0.213. The molecule has 0 atom stereocenters. The summed E-state index contributed by atoms with van der Waals surface area (Å²) in [7, 11) is 3.91. The quantitative estimate of drug-likeness (QED) is 0.756. The molecule has 2 rings (SSSR count). The summed E-state index contributed by atoms with van der Waals surface area (Å²) in [6.45, 7) is 3.78. The topological polar surface area (TPSA) is 40.0 Å². The Labute approximate surface area is 135 Å². The zero-order chi connectivity index (χ0) is 16.1. The third kappa shape index (κ3) is 4.64. The molecule has 0 bridgehead atoms. The fourth-order valence-electron chi connectivity index (χ4n) is 2.26. The molecule has 1 aliphatic rings. The van der Waals surface area contributed by atoms with Crippen LogP contribution in [0.15, 0.2) is 24.3 Å². The maximum absolute atomic E-state index is 12.9. The summed E-state index contributed by atoms with van der Waals surface area (Å²) in [5, 5.41) is 3.44. The summed E-state index contributed by atoms with van der Waals surface area (Å²) < 4.78 is 12.9. The van der Waals surface area contributed by atoms with Crippen LogP contribution in [0.4, 0.5) is 10.1 Å². The largest absolute Gasteiger partial charge is 0.343 e. The Morgan fingerprint density at radius 3 is 2.55 bits per heavy atom. The first-order chi connectivity index (χ1) is 10.5. The summed E-state index contributed by atoms with van der Waals surface area (Å²) in [4.78, 5) is 17.3. The molecule has 0 radical (unpaired) electrons. The molecule has 1 fully saturated rings. The van der Waals surface area contributed by atoms with Gasteiger partial charge in [-0.1, -0.05) is 0 Å². The van der Waals surface area contributed by atoms with Gasteiger partial charge in [-0.25, -0.2) is 4.39 Å². The molecular formula is C15H22FN4OS+. The van der Waals surface area contributed by atoms with Gasteiger partial charge in [0.25, 0.3) is 0 Å². The number of rotatable bonds is 3. The van der Waals surface area contributed by atoms with Crippen molar-refractivity contribution in [3.63, 3.8) is 0 Å². The molecule has 1 aromatic carbocycles. The highest BCUT2D eigenvalue weighted by Gasteiger charge is 2.22. The van der Waals surface area contributed by atoms with Crippen LogP contribution in [0, 0.1) is 5.82 Å². The first kappa shape index (κ1) is 16.6. The molecule has 2 N–H and O–H groups in total. The van der Waals surface area contributed by atoms with E-state index in [-0.39, 0.29) is 18.3 Å². The van der Waals surface area contributed by atoms with E-state index in [2.05, 4.69) is 12.4 Å². The fourth-order valence-corrected chi connectivity index (χ4v) is 2.45. The second-order valence-electron chi connectivity index (χ2n) is 5.63. The minimum atomic E-state index is -0.294. The normalized spacial score (nSPS) is 15.5. The van der Waals surface area contributed by atoms with Gasteiger partial charge in [-0.3, -0.25) is 4.79 Å². The van der Waals surface area contributed by atoms with Crippen molar-refractivity contribution in [1.29, 1.82) is 0 Å². The van der Waals surface area contributed by atoms with Gasteiger partial charge in [-0.15, -0.1) is 0 Å². The molecule has 22 heavy (non-hydrogen) atoms. The number of hydrogen-bond donors (Lipinski definition) is 2. The highest BCUT2D eigenvalue weighted by atomic mass is 32.1. The van der Waals surface area contributed by atoms with Gasteiger partial charge in [-0.05, 0) is 36.5 Å². The molecule has 5 nitrogen and oxygen atoms in total. The second-order valence-corrected chi connectivity index (χ2v) is 6.02. The van der Waals surface area contributed by atoms with E-state index in [0.717, 1.165) is 26.2 Å². The third-order valence-corrected chi connectivity index (χ3v) is 4.20. The Hall–Kier alpha value is -1.73. The average Bonchev–Trinajstić information content (AvgIpc) is 2.50. The maximum atomic E-state index is 12.9. The molecule has 1 amide bonds. The number of benzene rings is 1. The number of thiocarbonyl (C=S) groups is 1. The van der Waals surface area contributed by atoms with Gasteiger partial charge in [0, 0.05) is 12.7 Å². The zero-order valence-corrected chi connectivity index (χ0v) is 13.8. The predicted molar refractivity (Wildman–Crippen MR) is 88.5 cm³/mol. The minimum absolute atomic E-state index is 0.0817. The van der Waals surface area contributed by atoms with E-state index >= 15 is 0 Å². The van der Waals surface area contributed by atoms with Crippen LogP contribution in [0.3, 0.4) is 0 Å². The van der Waals surface area contributed by atoms with Gasteiger partial charge in [0.05, 0.1) is 39.8 Å². The number of carbonyl (C=O) groups is 1. The molecule has 0 aromatic heterocycles. The van der Waals surface area contributed by atoms with E-state index in [4.69, 9.17) is 12.2 Å². The van der Waals surface area contributed by atoms with Crippen molar-refractivity contribution in [3.8, 4) is 0 Å². The molecule has 0 saturated carbocycles. The maximum Gasteiger partial charge on any atom is 0.242 e. The van der Waals surface area contributed by atoms with Crippen molar-refractivity contribution in [2.75, 3.05) is 52.1 Å². The van der Waals surface area contributed by atoms with Crippen molar-refractivity contribution in [2.24, 2.45) is 0 Å². The summed E-state index contributed by atoms with van der Waals surface area (Å²) in [5.41, 5.74) is 0.703. The molecule has 120 valence electrons. The van der Waals surface area contributed by atoms with Crippen LogP contribution in [0.25, 0.3) is 0 Å². The molecule has 0 unspecified atom stereocenters. The van der Waals surface area contributed by atoms with Gasteiger partial charge >= 0.3 is 0 Å². The number of carbonyl (C=O) groups excluding carboxylic acids is 1. The van der Waals surface area contributed by atoms with Gasteiger partial charge in [-0.2, -0.15) is 0 Å². The van der Waals surface area contributed by atoms with Crippen molar-refractivity contribution in [3.05, 3.63) is 30.1 Å². The number of likely N-dealkylation sites (N-methyl/N-ethyl adjacent to an activating group) is 2. The lowest BCUT2D eigenvalue weighted by molar-refractivity contribution is -0.883. The smallest absolute Gasteiger partial charge is 0.242 e. The molecule has 0 aliphatic carbocycles. The number of anilines is 1. The number of nitrogens with one attached hydrogen (secondary N) is 2. The zero-order valence-electron chi connectivity index (χ0n) is 12.9. The van der Waals surface area contributed by atoms with E-state index < -0.39 is 0 Å². The van der Waals surface area contributed by atoms with Gasteiger partial charge in [0.15, 0.2) is 5.11 Å². The number of halogens is 1. The Morgan fingerprint density at radius 2 is 1.95 bits per heavy atom. The van der Waals surface area contributed by atoms with Gasteiger partial charge in [0.2, 0.25) is 5.91 Å². The molecule has 1 aliphatic heterocycles. The monoisotopic (exact) mass is 325 g/mol. The highest BCUT2D eigenvalue weighted by molar-refractivity contribution is 7.80. The molecular weight excluding hydrogens is 303 g/mol. The standard InChI is InChI=1S/C15H21FN4OS/c1-18-7-9-20(10-8-18)14(21)11-19(2)15(22)17-13-5-3-12(16)4-6-13/h3-6H,7-11H2,1-2H3,(H,17,22)/p+1. The van der Waals surface area contributed by atoms with Crippen LogP contribution in [0.2, 0.25) is 0 Å². The van der Waals surface area contributed by atoms with Crippen LogP contribution >= 0.6 is 12.2 Å². The van der Waals surface area contributed by atoms with Crippen LogP contribution in [-0.4, -0.2) is 67.6 Å². The first-order valence-corrected chi connectivity index (χ1v) is 7.73. The third-order valence-electron chi connectivity index (χ3n) is 3.78. The Balaban J connectivity index is 1.83. The number of amides is 1. The molecule has 7 heteroatoms.